The number of para-hydroxylation sites is 1. The number of nitrogens with one attached hydrogen (secondary N) is 1. The SMILES string of the molecule is Cc1ccccc1N(CC(=O)N(Cc1ccccc1F)C(Cc1ccccc1)C(=O)NC1CCCC1)S(=O)(=O)c1ccc(Cl)cc1. The Bertz CT molecular complexity index is 1760. The number of nitrogens with zero attached hydrogens (tertiary/aromatic N) is 2. The molecule has 7 nitrogen and oxygen atoms in total. The van der Waals surface area contributed by atoms with E-state index in [-0.39, 0.29) is 35.4 Å². The first-order valence-electron chi connectivity index (χ1n) is 15.3. The number of rotatable bonds is 12. The highest BCUT2D eigenvalue weighted by molar-refractivity contribution is 7.92. The number of amides is 2. The molecule has 4 aromatic carbocycles. The van der Waals surface area contributed by atoms with Crippen LogP contribution in [0.1, 0.15) is 42.4 Å². The van der Waals surface area contributed by atoms with Crippen LogP contribution in [0.5, 0.6) is 0 Å². The summed E-state index contributed by atoms with van der Waals surface area (Å²) < 4.78 is 44.5. The molecule has 0 spiro atoms. The first kappa shape index (κ1) is 33.2. The third-order valence-corrected chi connectivity index (χ3v) is 10.4. The average molecular weight is 662 g/mol. The van der Waals surface area contributed by atoms with Gasteiger partial charge in [0.2, 0.25) is 11.8 Å². The van der Waals surface area contributed by atoms with Gasteiger partial charge in [0.15, 0.2) is 0 Å². The van der Waals surface area contributed by atoms with E-state index in [1.54, 1.807) is 49.4 Å². The number of hydrogen-bond donors (Lipinski definition) is 1. The van der Waals surface area contributed by atoms with Crippen LogP contribution in [0.15, 0.2) is 108 Å². The fourth-order valence-electron chi connectivity index (χ4n) is 5.82. The van der Waals surface area contributed by atoms with E-state index < -0.39 is 34.3 Å². The van der Waals surface area contributed by atoms with Gasteiger partial charge in [0, 0.05) is 29.6 Å². The lowest BCUT2D eigenvalue weighted by Gasteiger charge is -2.34. The molecule has 0 aliphatic heterocycles. The zero-order valence-electron chi connectivity index (χ0n) is 25.6. The van der Waals surface area contributed by atoms with E-state index in [9.17, 15) is 18.0 Å². The van der Waals surface area contributed by atoms with Crippen LogP contribution in [0.3, 0.4) is 0 Å². The summed E-state index contributed by atoms with van der Waals surface area (Å²) in [5.41, 5.74) is 1.97. The highest BCUT2D eigenvalue weighted by Crippen LogP contribution is 2.29. The van der Waals surface area contributed by atoms with E-state index in [1.165, 1.54) is 35.2 Å². The molecule has 4 aromatic rings. The van der Waals surface area contributed by atoms with Gasteiger partial charge < -0.3 is 10.2 Å². The van der Waals surface area contributed by atoms with Crippen molar-refractivity contribution in [1.82, 2.24) is 10.2 Å². The van der Waals surface area contributed by atoms with Gasteiger partial charge in [0.05, 0.1) is 10.6 Å². The number of anilines is 1. The molecule has 0 saturated heterocycles. The summed E-state index contributed by atoms with van der Waals surface area (Å²) in [6, 6.07) is 26.9. The number of halogens is 2. The van der Waals surface area contributed by atoms with E-state index in [1.807, 2.05) is 30.3 Å². The molecule has 0 aromatic heterocycles. The normalized spacial score (nSPS) is 14.1. The summed E-state index contributed by atoms with van der Waals surface area (Å²) in [6.07, 6.45) is 3.84. The summed E-state index contributed by atoms with van der Waals surface area (Å²) >= 11 is 6.05. The Hall–Kier alpha value is -4.21. The molecule has 0 heterocycles. The average Bonchev–Trinajstić information content (AvgIpc) is 3.56. The van der Waals surface area contributed by atoms with Crippen LogP contribution < -0.4 is 9.62 Å². The zero-order chi connectivity index (χ0) is 32.7. The van der Waals surface area contributed by atoms with Crippen molar-refractivity contribution in [1.29, 1.82) is 0 Å². The Morgan fingerprint density at radius 1 is 0.891 bits per heavy atom. The van der Waals surface area contributed by atoms with Gasteiger partial charge in [-0.2, -0.15) is 0 Å². The summed E-state index contributed by atoms with van der Waals surface area (Å²) in [7, 11) is -4.27. The Morgan fingerprint density at radius 3 is 2.20 bits per heavy atom. The maximum absolute atomic E-state index is 15.1. The van der Waals surface area contributed by atoms with E-state index in [2.05, 4.69) is 5.32 Å². The van der Waals surface area contributed by atoms with Gasteiger partial charge >= 0.3 is 0 Å². The highest BCUT2D eigenvalue weighted by Gasteiger charge is 2.36. The van der Waals surface area contributed by atoms with E-state index in [0.29, 0.717) is 16.3 Å². The number of hydrogen-bond acceptors (Lipinski definition) is 4. The van der Waals surface area contributed by atoms with Crippen molar-refractivity contribution in [2.75, 3.05) is 10.8 Å². The minimum absolute atomic E-state index is 0.0232. The van der Waals surface area contributed by atoms with Crippen LogP contribution >= 0.6 is 11.6 Å². The van der Waals surface area contributed by atoms with Crippen molar-refractivity contribution >= 4 is 39.1 Å². The van der Waals surface area contributed by atoms with Gasteiger partial charge in [-0.1, -0.05) is 91.2 Å². The number of sulfonamides is 1. The molecule has 1 atom stereocenters. The van der Waals surface area contributed by atoms with Crippen molar-refractivity contribution in [3.05, 3.63) is 131 Å². The monoisotopic (exact) mass is 661 g/mol. The van der Waals surface area contributed by atoms with Crippen molar-refractivity contribution in [2.24, 2.45) is 0 Å². The quantitative estimate of drug-likeness (QED) is 0.184. The smallest absolute Gasteiger partial charge is 0.264 e. The molecule has 46 heavy (non-hydrogen) atoms. The zero-order valence-corrected chi connectivity index (χ0v) is 27.2. The topological polar surface area (TPSA) is 86.8 Å². The third-order valence-electron chi connectivity index (χ3n) is 8.34. The lowest BCUT2D eigenvalue weighted by molar-refractivity contribution is -0.140. The molecule has 0 bridgehead atoms. The van der Waals surface area contributed by atoms with Crippen LogP contribution in [0.2, 0.25) is 5.02 Å². The number of carbonyl (C=O) groups is 2. The standard InChI is InChI=1S/C36H37ClFN3O4S/c1-26-11-5-10-18-33(26)41(46(44,45)31-21-19-29(37)20-22-31)25-35(42)40(24-28-14-6-9-17-32(28)38)34(23-27-12-3-2-4-13-27)36(43)39-30-15-7-8-16-30/h2-6,9-14,17-22,30,34H,7-8,15-16,23-25H2,1H3,(H,39,43). The Balaban J connectivity index is 1.58. The predicted molar refractivity (Wildman–Crippen MR) is 178 cm³/mol. The second-order valence-corrected chi connectivity index (χ2v) is 13.9. The molecule has 240 valence electrons. The van der Waals surface area contributed by atoms with E-state index in [0.717, 1.165) is 35.6 Å². The summed E-state index contributed by atoms with van der Waals surface area (Å²) in [6.45, 7) is 0.907. The van der Waals surface area contributed by atoms with Gasteiger partial charge in [-0.05, 0) is 67.3 Å². The van der Waals surface area contributed by atoms with E-state index in [4.69, 9.17) is 11.6 Å². The predicted octanol–water partition coefficient (Wildman–Crippen LogP) is 6.68. The Kier molecular flexibility index (Phi) is 10.8. The van der Waals surface area contributed by atoms with Gasteiger partial charge in [-0.25, -0.2) is 12.8 Å². The number of benzene rings is 4. The minimum Gasteiger partial charge on any atom is -0.352 e. The fraction of sp³-hybridized carbons (Fsp3) is 0.278. The second kappa shape index (κ2) is 14.9. The molecule has 10 heteroatoms. The van der Waals surface area contributed by atoms with Crippen LogP contribution in [-0.2, 0) is 32.6 Å². The molecule has 1 unspecified atom stereocenters. The fourth-order valence-corrected chi connectivity index (χ4v) is 7.43. The maximum atomic E-state index is 15.1. The molecule has 0 radical (unpaired) electrons. The van der Waals surface area contributed by atoms with Gasteiger partial charge in [-0.15, -0.1) is 0 Å². The van der Waals surface area contributed by atoms with E-state index >= 15 is 4.39 Å². The van der Waals surface area contributed by atoms with Crippen molar-refractivity contribution in [3.8, 4) is 0 Å². The summed E-state index contributed by atoms with van der Waals surface area (Å²) in [5.74, 6) is -1.53. The molecule has 5 rings (SSSR count). The summed E-state index contributed by atoms with van der Waals surface area (Å²) in [5, 5.41) is 3.49. The molecule has 1 fully saturated rings. The third kappa shape index (κ3) is 7.95. The second-order valence-electron chi connectivity index (χ2n) is 11.6. The molecule has 1 aliphatic carbocycles. The van der Waals surface area contributed by atoms with Crippen molar-refractivity contribution in [2.45, 2.75) is 62.6 Å². The van der Waals surface area contributed by atoms with Gasteiger partial charge in [0.1, 0.15) is 18.4 Å². The lowest BCUT2D eigenvalue weighted by Crippen LogP contribution is -2.54. The largest absolute Gasteiger partial charge is 0.352 e. The number of aryl methyl sites for hydroxylation is 1. The molecule has 1 saturated carbocycles. The van der Waals surface area contributed by atoms with Crippen LogP contribution in [0.4, 0.5) is 10.1 Å². The molecule has 1 aliphatic rings. The van der Waals surface area contributed by atoms with Crippen LogP contribution in [0.25, 0.3) is 0 Å². The Morgan fingerprint density at radius 2 is 1.52 bits per heavy atom. The molecular weight excluding hydrogens is 625 g/mol. The van der Waals surface area contributed by atoms with Crippen LogP contribution in [-0.4, -0.2) is 43.8 Å². The minimum atomic E-state index is -4.27. The Labute approximate surface area is 275 Å². The lowest BCUT2D eigenvalue weighted by atomic mass is 10.0. The first-order valence-corrected chi connectivity index (χ1v) is 17.2. The van der Waals surface area contributed by atoms with Crippen LogP contribution in [0, 0.1) is 12.7 Å². The van der Waals surface area contributed by atoms with Gasteiger partial charge in [0.25, 0.3) is 10.0 Å². The summed E-state index contributed by atoms with van der Waals surface area (Å²) in [4.78, 5) is 29.9. The highest BCUT2D eigenvalue weighted by atomic mass is 35.5. The number of carbonyl (C=O) groups excluding carboxylic acids is 2. The van der Waals surface area contributed by atoms with Crippen molar-refractivity contribution < 1.29 is 22.4 Å². The van der Waals surface area contributed by atoms with Crippen molar-refractivity contribution in [3.63, 3.8) is 0 Å². The maximum Gasteiger partial charge on any atom is 0.264 e. The molecule has 2 amide bonds. The molecular formula is C36H37ClFN3O4S. The molecule has 1 N–H and O–H groups in total. The first-order chi connectivity index (χ1) is 22.1. The van der Waals surface area contributed by atoms with Gasteiger partial charge in [-0.3, -0.25) is 13.9 Å².